The van der Waals surface area contributed by atoms with Gasteiger partial charge in [-0.2, -0.15) is 5.26 Å². The van der Waals surface area contributed by atoms with Crippen LogP contribution in [0.3, 0.4) is 0 Å². The number of anilines is 1. The van der Waals surface area contributed by atoms with Gasteiger partial charge in [-0.1, -0.05) is 13.3 Å². The van der Waals surface area contributed by atoms with E-state index in [4.69, 9.17) is 5.26 Å². The Labute approximate surface area is 126 Å². The molecule has 0 radical (unpaired) electrons. The molecule has 1 aromatic heterocycles. The molecule has 2 heterocycles. The first kappa shape index (κ1) is 14.0. The van der Waals surface area contributed by atoms with Gasteiger partial charge in [0.05, 0.1) is 22.8 Å². The normalized spacial score (nSPS) is 15.3. The van der Waals surface area contributed by atoms with E-state index in [1.165, 1.54) is 29.4 Å². The van der Waals surface area contributed by atoms with Gasteiger partial charge in [-0.25, -0.2) is 0 Å². The molecule has 3 rings (SSSR count). The number of unbranched alkanes of at least 4 members (excludes halogenated alkanes) is 1. The first-order chi connectivity index (χ1) is 10.3. The summed E-state index contributed by atoms with van der Waals surface area (Å²) in [5.41, 5.74) is 3.27. The molecule has 110 valence electrons. The number of fused-ring (bicyclic) bond motifs is 1. The summed E-state index contributed by atoms with van der Waals surface area (Å²) in [6.45, 7) is 7.38. The first-order valence-corrected chi connectivity index (χ1v) is 7.82. The number of hydrogen-bond acceptors (Lipinski definition) is 3. The van der Waals surface area contributed by atoms with Crippen molar-refractivity contribution in [1.82, 2.24) is 9.88 Å². The van der Waals surface area contributed by atoms with Crippen molar-refractivity contribution in [2.45, 2.75) is 26.3 Å². The van der Waals surface area contributed by atoms with Gasteiger partial charge in [-0.3, -0.25) is 0 Å². The molecule has 21 heavy (non-hydrogen) atoms. The lowest BCUT2D eigenvalue weighted by atomic mass is 10.1. The number of hydrogen-bond donors (Lipinski definition) is 1. The minimum Gasteiger partial charge on any atom is -0.367 e. The highest BCUT2D eigenvalue weighted by atomic mass is 15.2. The van der Waals surface area contributed by atoms with Gasteiger partial charge < -0.3 is 14.8 Å². The molecule has 0 saturated carbocycles. The van der Waals surface area contributed by atoms with E-state index in [2.05, 4.69) is 40.0 Å². The van der Waals surface area contributed by atoms with E-state index in [1.54, 1.807) is 0 Å². The third kappa shape index (κ3) is 2.74. The average Bonchev–Trinajstić information content (AvgIpc) is 2.91. The van der Waals surface area contributed by atoms with Crippen molar-refractivity contribution in [3.05, 3.63) is 30.0 Å². The summed E-state index contributed by atoms with van der Waals surface area (Å²) < 4.78 is 2.34. The van der Waals surface area contributed by atoms with Crippen LogP contribution in [0.15, 0.2) is 24.4 Å². The maximum atomic E-state index is 9.17. The van der Waals surface area contributed by atoms with Crippen LogP contribution in [0.5, 0.6) is 0 Å². The topological polar surface area (TPSA) is 44.0 Å². The van der Waals surface area contributed by atoms with Gasteiger partial charge in [0, 0.05) is 44.3 Å². The molecule has 2 aromatic rings. The molecule has 1 aromatic carbocycles. The highest BCUT2D eigenvalue weighted by Gasteiger charge is 2.17. The molecule has 4 heteroatoms. The summed E-state index contributed by atoms with van der Waals surface area (Å²) >= 11 is 0. The van der Waals surface area contributed by atoms with E-state index in [0.717, 1.165) is 38.3 Å². The second-order valence-corrected chi connectivity index (χ2v) is 5.64. The molecule has 0 atom stereocenters. The Hall–Kier alpha value is -1.99. The quantitative estimate of drug-likeness (QED) is 0.937. The van der Waals surface area contributed by atoms with Crippen LogP contribution in [0.2, 0.25) is 0 Å². The SMILES string of the molecule is CCCCn1cc(N2CCNCC2)c2cc(C#N)ccc21. The van der Waals surface area contributed by atoms with Crippen molar-refractivity contribution in [3.63, 3.8) is 0 Å². The van der Waals surface area contributed by atoms with E-state index in [0.29, 0.717) is 0 Å². The minimum absolute atomic E-state index is 0.743. The molecule has 1 aliphatic heterocycles. The monoisotopic (exact) mass is 282 g/mol. The van der Waals surface area contributed by atoms with Gasteiger partial charge in [0.25, 0.3) is 0 Å². The van der Waals surface area contributed by atoms with E-state index in [1.807, 2.05) is 12.1 Å². The molecule has 0 aliphatic carbocycles. The van der Waals surface area contributed by atoms with Crippen molar-refractivity contribution < 1.29 is 0 Å². The standard InChI is InChI=1S/C17H22N4/c1-2-3-8-21-13-17(20-9-6-19-7-10-20)15-11-14(12-18)4-5-16(15)21/h4-5,11,13,19H,2-3,6-10H2,1H3. The Morgan fingerprint density at radius 2 is 2.10 bits per heavy atom. The van der Waals surface area contributed by atoms with E-state index < -0.39 is 0 Å². The third-order valence-electron chi connectivity index (χ3n) is 4.20. The van der Waals surface area contributed by atoms with Crippen LogP contribution in [0.25, 0.3) is 10.9 Å². The van der Waals surface area contributed by atoms with Crippen molar-refractivity contribution in [2.75, 3.05) is 31.1 Å². The largest absolute Gasteiger partial charge is 0.367 e. The summed E-state index contributed by atoms with van der Waals surface area (Å²) in [5, 5.41) is 13.8. The van der Waals surface area contributed by atoms with Crippen molar-refractivity contribution >= 4 is 16.6 Å². The minimum atomic E-state index is 0.743. The Morgan fingerprint density at radius 1 is 1.29 bits per heavy atom. The maximum absolute atomic E-state index is 9.17. The average molecular weight is 282 g/mol. The smallest absolute Gasteiger partial charge is 0.0991 e. The zero-order valence-corrected chi connectivity index (χ0v) is 12.6. The highest BCUT2D eigenvalue weighted by molar-refractivity contribution is 5.94. The molecule has 1 saturated heterocycles. The molecule has 4 nitrogen and oxygen atoms in total. The molecule has 0 bridgehead atoms. The number of nitrogens with one attached hydrogen (secondary N) is 1. The van der Waals surface area contributed by atoms with Crippen LogP contribution >= 0.6 is 0 Å². The Morgan fingerprint density at radius 3 is 2.81 bits per heavy atom. The van der Waals surface area contributed by atoms with Gasteiger partial charge in [0.1, 0.15) is 0 Å². The number of piperazine rings is 1. The summed E-state index contributed by atoms with van der Waals surface area (Å²) in [4.78, 5) is 2.43. The van der Waals surface area contributed by atoms with Crippen LogP contribution in [0, 0.1) is 11.3 Å². The highest BCUT2D eigenvalue weighted by Crippen LogP contribution is 2.30. The molecule has 1 fully saturated rings. The summed E-state index contributed by atoms with van der Waals surface area (Å²) in [6, 6.07) is 8.31. The van der Waals surface area contributed by atoms with Crippen LogP contribution in [-0.2, 0) is 6.54 Å². The van der Waals surface area contributed by atoms with Gasteiger partial charge in [0.15, 0.2) is 0 Å². The zero-order chi connectivity index (χ0) is 14.7. The zero-order valence-electron chi connectivity index (χ0n) is 12.6. The van der Waals surface area contributed by atoms with Crippen molar-refractivity contribution in [3.8, 4) is 6.07 Å². The van der Waals surface area contributed by atoms with E-state index in [-0.39, 0.29) is 0 Å². The Balaban J connectivity index is 2.06. The molecular formula is C17H22N4. The van der Waals surface area contributed by atoms with Crippen molar-refractivity contribution in [1.29, 1.82) is 5.26 Å². The molecular weight excluding hydrogens is 260 g/mol. The lowest BCUT2D eigenvalue weighted by Crippen LogP contribution is -2.43. The number of aryl methyl sites for hydroxylation is 1. The van der Waals surface area contributed by atoms with Crippen LogP contribution in [0.4, 0.5) is 5.69 Å². The van der Waals surface area contributed by atoms with E-state index >= 15 is 0 Å². The van der Waals surface area contributed by atoms with Crippen LogP contribution in [0.1, 0.15) is 25.3 Å². The van der Waals surface area contributed by atoms with E-state index in [9.17, 15) is 0 Å². The lowest BCUT2D eigenvalue weighted by Gasteiger charge is -2.28. The predicted octanol–water partition coefficient (Wildman–Crippen LogP) is 2.72. The summed E-state index contributed by atoms with van der Waals surface area (Å²) in [5.74, 6) is 0. The molecule has 0 unspecified atom stereocenters. The fourth-order valence-electron chi connectivity index (χ4n) is 3.02. The van der Waals surface area contributed by atoms with Crippen LogP contribution < -0.4 is 10.2 Å². The van der Waals surface area contributed by atoms with Gasteiger partial charge in [-0.05, 0) is 24.6 Å². The molecule has 0 spiro atoms. The van der Waals surface area contributed by atoms with Crippen molar-refractivity contribution in [2.24, 2.45) is 0 Å². The lowest BCUT2D eigenvalue weighted by molar-refractivity contribution is 0.588. The number of benzene rings is 1. The Kier molecular flexibility index (Phi) is 4.12. The fraction of sp³-hybridized carbons (Fsp3) is 0.471. The third-order valence-corrected chi connectivity index (χ3v) is 4.20. The maximum Gasteiger partial charge on any atom is 0.0991 e. The van der Waals surface area contributed by atoms with Crippen LogP contribution in [-0.4, -0.2) is 30.7 Å². The number of nitrogens with zero attached hydrogens (tertiary/aromatic N) is 3. The molecule has 1 N–H and O–H groups in total. The first-order valence-electron chi connectivity index (χ1n) is 7.82. The predicted molar refractivity (Wildman–Crippen MR) is 86.6 cm³/mol. The second-order valence-electron chi connectivity index (χ2n) is 5.64. The Bertz CT molecular complexity index is 659. The van der Waals surface area contributed by atoms with Gasteiger partial charge in [-0.15, -0.1) is 0 Å². The number of nitriles is 1. The fourth-order valence-corrected chi connectivity index (χ4v) is 3.02. The van der Waals surface area contributed by atoms with Gasteiger partial charge in [0.2, 0.25) is 0 Å². The summed E-state index contributed by atoms with van der Waals surface area (Å²) in [6.07, 6.45) is 4.65. The molecule has 0 amide bonds. The summed E-state index contributed by atoms with van der Waals surface area (Å²) in [7, 11) is 0. The second kappa shape index (κ2) is 6.19. The molecule has 1 aliphatic rings. The number of rotatable bonds is 4. The number of aromatic nitrogens is 1. The van der Waals surface area contributed by atoms with Gasteiger partial charge >= 0.3 is 0 Å².